The van der Waals surface area contributed by atoms with Crippen LogP contribution in [-0.2, 0) is 23.9 Å². The van der Waals surface area contributed by atoms with E-state index in [1.165, 1.54) is 6.08 Å². The number of esters is 2. The highest BCUT2D eigenvalue weighted by atomic mass is 32.2. The van der Waals surface area contributed by atoms with E-state index in [2.05, 4.69) is 13.2 Å². The Hall–Kier alpha value is -4.56. The first-order valence-electron chi connectivity index (χ1n) is 12.8. The zero-order valence-electron chi connectivity index (χ0n) is 23.1. The summed E-state index contributed by atoms with van der Waals surface area (Å²) in [6, 6.07) is 22.6. The Bertz CT molecular complexity index is 1390. The van der Waals surface area contributed by atoms with Gasteiger partial charge in [0.25, 0.3) is 0 Å². The van der Waals surface area contributed by atoms with Gasteiger partial charge in [-0.2, -0.15) is 0 Å². The SMILES string of the molecule is C=C(C)C(=O)OCCOc1ccc(/C=C/C(=O)Sc2ccc(-c3ccc(OCCOC(=O)C(=C)C)cc3)cc2)cc1. The first kappa shape index (κ1) is 31.0. The van der Waals surface area contributed by atoms with Gasteiger partial charge in [0.2, 0.25) is 5.12 Å². The Morgan fingerprint density at radius 3 is 1.56 bits per heavy atom. The van der Waals surface area contributed by atoms with Gasteiger partial charge in [-0.3, -0.25) is 4.79 Å². The van der Waals surface area contributed by atoms with Crippen molar-refractivity contribution in [3.63, 3.8) is 0 Å². The number of carbonyl (C=O) groups is 3. The number of hydrogen-bond acceptors (Lipinski definition) is 8. The van der Waals surface area contributed by atoms with Gasteiger partial charge in [-0.1, -0.05) is 55.6 Å². The van der Waals surface area contributed by atoms with E-state index in [1.807, 2.05) is 60.7 Å². The number of hydrogen-bond donors (Lipinski definition) is 0. The average Bonchev–Trinajstić information content (AvgIpc) is 2.97. The molecule has 3 aromatic carbocycles. The number of carbonyl (C=O) groups excluding carboxylic acids is 3. The molecule has 0 unspecified atom stereocenters. The van der Waals surface area contributed by atoms with E-state index in [4.69, 9.17) is 18.9 Å². The molecule has 0 aliphatic rings. The summed E-state index contributed by atoms with van der Waals surface area (Å²) >= 11 is 1.15. The maximum atomic E-state index is 12.5. The molecule has 0 saturated carbocycles. The topological polar surface area (TPSA) is 88.1 Å². The van der Waals surface area contributed by atoms with Crippen LogP contribution >= 0.6 is 11.8 Å². The maximum absolute atomic E-state index is 12.5. The predicted molar refractivity (Wildman–Crippen MR) is 161 cm³/mol. The fraction of sp³-hybridized carbons (Fsp3) is 0.182. The third-order valence-corrected chi connectivity index (χ3v) is 6.26. The van der Waals surface area contributed by atoms with Crippen LogP contribution in [0.3, 0.4) is 0 Å². The molecule has 0 fully saturated rings. The second kappa shape index (κ2) is 15.9. The molecule has 0 aromatic heterocycles. The van der Waals surface area contributed by atoms with Crippen LogP contribution in [-0.4, -0.2) is 43.5 Å². The zero-order chi connectivity index (χ0) is 29.6. The van der Waals surface area contributed by atoms with Crippen LogP contribution in [0.5, 0.6) is 11.5 Å². The van der Waals surface area contributed by atoms with Gasteiger partial charge < -0.3 is 18.9 Å². The Kier molecular flexibility index (Phi) is 12.0. The largest absolute Gasteiger partial charge is 0.490 e. The number of benzene rings is 3. The van der Waals surface area contributed by atoms with Crippen molar-refractivity contribution in [3.05, 3.63) is 109 Å². The summed E-state index contributed by atoms with van der Waals surface area (Å²) in [4.78, 5) is 36.0. The Morgan fingerprint density at radius 1 is 0.659 bits per heavy atom. The normalized spacial score (nSPS) is 10.6. The van der Waals surface area contributed by atoms with Crippen molar-refractivity contribution in [2.75, 3.05) is 26.4 Å². The number of ether oxygens (including phenoxy) is 4. The second-order valence-corrected chi connectivity index (χ2v) is 9.98. The summed E-state index contributed by atoms with van der Waals surface area (Å²) in [5.74, 6) is 0.438. The molecule has 8 heteroatoms. The summed E-state index contributed by atoms with van der Waals surface area (Å²) in [6.45, 7) is 11.0. The molecule has 0 bridgehead atoms. The number of rotatable bonds is 14. The van der Waals surface area contributed by atoms with E-state index in [0.29, 0.717) is 22.6 Å². The summed E-state index contributed by atoms with van der Waals surface area (Å²) in [5, 5.41) is -0.0900. The van der Waals surface area contributed by atoms with Crippen LogP contribution in [0.25, 0.3) is 17.2 Å². The maximum Gasteiger partial charge on any atom is 0.333 e. The molecule has 41 heavy (non-hydrogen) atoms. The molecule has 0 saturated heterocycles. The van der Waals surface area contributed by atoms with Crippen LogP contribution in [0, 0.1) is 0 Å². The molecule has 0 heterocycles. The first-order valence-corrected chi connectivity index (χ1v) is 13.6. The van der Waals surface area contributed by atoms with Crippen LogP contribution in [0.15, 0.2) is 108 Å². The summed E-state index contributed by atoms with van der Waals surface area (Å²) < 4.78 is 21.2. The lowest BCUT2D eigenvalue weighted by Crippen LogP contribution is -2.12. The lowest BCUT2D eigenvalue weighted by Gasteiger charge is -2.08. The summed E-state index contributed by atoms with van der Waals surface area (Å²) in [7, 11) is 0. The van der Waals surface area contributed by atoms with Gasteiger partial charge in [0.1, 0.15) is 37.9 Å². The van der Waals surface area contributed by atoms with Gasteiger partial charge in [-0.15, -0.1) is 0 Å². The highest BCUT2D eigenvalue weighted by molar-refractivity contribution is 8.14. The predicted octanol–water partition coefficient (Wildman–Crippen LogP) is 6.68. The summed E-state index contributed by atoms with van der Waals surface area (Å²) in [6.07, 6.45) is 3.28. The molecule has 0 atom stereocenters. The fourth-order valence-electron chi connectivity index (χ4n) is 3.28. The van der Waals surface area contributed by atoms with Crippen molar-refractivity contribution < 1.29 is 33.3 Å². The molecule has 0 radical (unpaired) electrons. The molecule has 0 amide bonds. The molecule has 0 spiro atoms. The third kappa shape index (κ3) is 10.8. The highest BCUT2D eigenvalue weighted by Crippen LogP contribution is 2.26. The van der Waals surface area contributed by atoms with Crippen molar-refractivity contribution in [2.45, 2.75) is 18.7 Å². The van der Waals surface area contributed by atoms with Crippen molar-refractivity contribution in [1.29, 1.82) is 0 Å². The lowest BCUT2D eigenvalue weighted by atomic mass is 10.1. The van der Waals surface area contributed by atoms with E-state index in [-0.39, 0.29) is 31.5 Å². The van der Waals surface area contributed by atoms with E-state index in [1.54, 1.807) is 32.1 Å². The second-order valence-electron chi connectivity index (χ2n) is 8.90. The molecule has 3 aromatic rings. The van der Waals surface area contributed by atoms with E-state index in [9.17, 15) is 14.4 Å². The van der Waals surface area contributed by atoms with Gasteiger partial charge in [-0.25, -0.2) is 9.59 Å². The van der Waals surface area contributed by atoms with Crippen molar-refractivity contribution >= 4 is 34.9 Å². The van der Waals surface area contributed by atoms with Crippen molar-refractivity contribution in [3.8, 4) is 22.6 Å². The van der Waals surface area contributed by atoms with E-state index < -0.39 is 11.9 Å². The fourth-order valence-corrected chi connectivity index (χ4v) is 3.92. The average molecular weight is 573 g/mol. The van der Waals surface area contributed by atoms with E-state index >= 15 is 0 Å². The van der Waals surface area contributed by atoms with Crippen LogP contribution in [0.2, 0.25) is 0 Å². The smallest absolute Gasteiger partial charge is 0.333 e. The molecule has 0 aliphatic carbocycles. The van der Waals surface area contributed by atoms with Gasteiger partial charge in [0.05, 0.1) is 0 Å². The first-order chi connectivity index (χ1) is 19.7. The van der Waals surface area contributed by atoms with Crippen molar-refractivity contribution in [2.24, 2.45) is 0 Å². The lowest BCUT2D eigenvalue weighted by molar-refractivity contribution is -0.140. The summed E-state index contributed by atoms with van der Waals surface area (Å²) in [5.41, 5.74) is 3.57. The van der Waals surface area contributed by atoms with Gasteiger partial charge in [0.15, 0.2) is 0 Å². The Labute approximate surface area is 244 Å². The van der Waals surface area contributed by atoms with Crippen LogP contribution in [0.4, 0.5) is 0 Å². The monoisotopic (exact) mass is 572 g/mol. The van der Waals surface area contributed by atoms with Gasteiger partial charge >= 0.3 is 11.9 Å². The Morgan fingerprint density at radius 2 is 1.10 bits per heavy atom. The molecule has 212 valence electrons. The quantitative estimate of drug-likeness (QED) is 0.0915. The van der Waals surface area contributed by atoms with Crippen LogP contribution in [0.1, 0.15) is 19.4 Å². The number of thioether (sulfide) groups is 1. The zero-order valence-corrected chi connectivity index (χ0v) is 23.9. The molecule has 0 N–H and O–H groups in total. The van der Waals surface area contributed by atoms with Crippen LogP contribution < -0.4 is 9.47 Å². The minimum absolute atomic E-state index is 0.0900. The Balaban J connectivity index is 1.42. The van der Waals surface area contributed by atoms with Gasteiger partial charge in [0, 0.05) is 16.0 Å². The molecule has 3 rings (SSSR count). The molecular formula is C33H32O7S. The standard InChI is InChI=1S/C33H32O7S/c1-23(2)32(35)39-21-19-37-28-12-5-25(6-13-28)7-18-31(34)41-30-16-10-27(11-17-30)26-8-14-29(15-9-26)38-20-22-40-33(36)24(3)4/h5-18H,1,3,19-22H2,2,4H3/b18-7+. The third-order valence-electron chi connectivity index (χ3n) is 5.42. The highest BCUT2D eigenvalue weighted by Gasteiger charge is 2.06. The minimum Gasteiger partial charge on any atom is -0.490 e. The van der Waals surface area contributed by atoms with Gasteiger partial charge in [-0.05, 0) is 84.8 Å². The molecular weight excluding hydrogens is 540 g/mol. The molecule has 0 aliphatic heterocycles. The van der Waals surface area contributed by atoms with Crippen molar-refractivity contribution in [1.82, 2.24) is 0 Å². The minimum atomic E-state index is -0.442. The van der Waals surface area contributed by atoms with E-state index in [0.717, 1.165) is 33.3 Å². The molecule has 7 nitrogen and oxygen atoms in total.